The lowest BCUT2D eigenvalue weighted by Gasteiger charge is -2.19. The van der Waals surface area contributed by atoms with Gasteiger partial charge in [0, 0.05) is 12.2 Å². The highest BCUT2D eigenvalue weighted by atomic mass is 19.4. The summed E-state index contributed by atoms with van der Waals surface area (Å²) in [5, 5.41) is 18.0. The van der Waals surface area contributed by atoms with Crippen LogP contribution in [0.1, 0.15) is 16.7 Å². The van der Waals surface area contributed by atoms with Crippen molar-refractivity contribution in [1.82, 2.24) is 0 Å². The van der Waals surface area contributed by atoms with Gasteiger partial charge in [-0.3, -0.25) is 0 Å². The number of rotatable bonds is 4. The van der Waals surface area contributed by atoms with Gasteiger partial charge in [0.15, 0.2) is 11.5 Å². The molecule has 3 rings (SSSR count). The number of benzene rings is 2. The van der Waals surface area contributed by atoms with Gasteiger partial charge in [-0.2, -0.15) is 60.0 Å². The monoisotopic (exact) mass is 544 g/mol. The van der Waals surface area contributed by atoms with Crippen LogP contribution in [-0.2, 0) is 18.5 Å². The van der Waals surface area contributed by atoms with E-state index < -0.39 is 63.9 Å². The van der Waals surface area contributed by atoms with E-state index in [2.05, 4.69) is 9.98 Å². The Hall–Kier alpha value is -4.79. The van der Waals surface area contributed by atoms with Gasteiger partial charge in [-0.25, -0.2) is 0 Å². The molecule has 0 saturated carbocycles. The van der Waals surface area contributed by atoms with Gasteiger partial charge >= 0.3 is 18.5 Å². The van der Waals surface area contributed by atoms with Crippen LogP contribution >= 0.6 is 0 Å². The first-order chi connectivity index (χ1) is 17.6. The summed E-state index contributed by atoms with van der Waals surface area (Å²) in [7, 11) is 0. The van der Waals surface area contributed by atoms with E-state index in [4.69, 9.17) is 20.0 Å². The Labute approximate surface area is 206 Å². The lowest BCUT2D eigenvalue weighted by molar-refractivity contribution is -0.143. The van der Waals surface area contributed by atoms with E-state index in [0.29, 0.717) is 6.07 Å². The number of nitriles is 2. The van der Waals surface area contributed by atoms with Crippen LogP contribution in [0.25, 0.3) is 0 Å². The number of ether oxygens (including phenoxy) is 2. The van der Waals surface area contributed by atoms with Crippen LogP contribution in [0.15, 0.2) is 76.1 Å². The smallest absolute Gasteiger partial charge is 0.416 e. The van der Waals surface area contributed by atoms with Gasteiger partial charge in [-0.15, -0.1) is 0 Å². The molecule has 0 unspecified atom stereocenters. The number of hydrogen-bond donors (Lipinski definition) is 0. The lowest BCUT2D eigenvalue weighted by Crippen LogP contribution is -2.21. The molecule has 0 N–H and O–H groups in total. The molecule has 15 heteroatoms. The quantitative estimate of drug-likeness (QED) is 0.240. The van der Waals surface area contributed by atoms with Crippen LogP contribution in [0, 0.1) is 22.9 Å². The first-order valence-corrected chi connectivity index (χ1v) is 9.82. The Kier molecular flexibility index (Phi) is 7.53. The van der Waals surface area contributed by atoms with Gasteiger partial charge in [0.1, 0.15) is 22.9 Å². The molecular weight excluding hydrogens is 535 g/mol. The van der Waals surface area contributed by atoms with Crippen LogP contribution in [-0.4, -0.2) is 11.4 Å². The molecule has 0 aliphatic heterocycles. The van der Waals surface area contributed by atoms with E-state index >= 15 is 0 Å². The fourth-order valence-corrected chi connectivity index (χ4v) is 2.96. The number of halogens is 9. The summed E-state index contributed by atoms with van der Waals surface area (Å²) in [4.78, 5) is 6.74. The first-order valence-electron chi connectivity index (χ1n) is 9.82. The molecule has 0 bridgehead atoms. The Balaban J connectivity index is 2.05. The third-order valence-electron chi connectivity index (χ3n) is 4.56. The second-order valence-electron chi connectivity index (χ2n) is 7.18. The van der Waals surface area contributed by atoms with Crippen LogP contribution in [0.3, 0.4) is 0 Å². The highest BCUT2D eigenvalue weighted by molar-refractivity contribution is 6.22. The maximum atomic E-state index is 13.2. The topological polar surface area (TPSA) is 90.8 Å². The van der Waals surface area contributed by atoms with Gasteiger partial charge in [0.05, 0.1) is 16.7 Å². The van der Waals surface area contributed by atoms with Crippen molar-refractivity contribution in [1.29, 1.82) is 10.5 Å². The minimum atomic E-state index is -5.18. The maximum absolute atomic E-state index is 13.2. The molecule has 0 radical (unpaired) electrons. The molecule has 2 aromatic rings. The molecule has 2 aromatic carbocycles. The highest BCUT2D eigenvalue weighted by Gasteiger charge is 2.37. The number of allylic oxidation sites excluding steroid dienone is 2. The van der Waals surface area contributed by atoms with Crippen LogP contribution in [0.4, 0.5) is 39.5 Å². The zero-order valence-electron chi connectivity index (χ0n) is 18.2. The van der Waals surface area contributed by atoms with Crippen molar-refractivity contribution in [3.63, 3.8) is 0 Å². The SMILES string of the molecule is N#C/N=C1C=C(Oc2cc(C(F)(F)F)cc(C(F)(F)F)c2)/C(=N/C#N)C=C\1Oc1cccc(C(F)(F)F)c1. The highest BCUT2D eigenvalue weighted by Crippen LogP contribution is 2.39. The van der Waals surface area contributed by atoms with E-state index in [9.17, 15) is 39.5 Å². The van der Waals surface area contributed by atoms with Gasteiger partial charge in [0.25, 0.3) is 0 Å². The molecule has 0 fully saturated rings. The van der Waals surface area contributed by atoms with E-state index in [0.717, 1.165) is 30.4 Å². The minimum Gasteiger partial charge on any atom is -0.455 e. The molecular formula is C23H9F9N4O2. The number of aliphatic imine (C=N–C) groups is 2. The molecule has 0 amide bonds. The molecule has 0 heterocycles. The van der Waals surface area contributed by atoms with Crippen molar-refractivity contribution in [3.05, 3.63) is 82.8 Å². The number of alkyl halides is 9. The van der Waals surface area contributed by atoms with Gasteiger partial charge in [-0.1, -0.05) is 6.07 Å². The summed E-state index contributed by atoms with van der Waals surface area (Å²) in [5.74, 6) is -2.36. The molecule has 1 aliphatic carbocycles. The van der Waals surface area contributed by atoms with Crippen LogP contribution in [0.2, 0.25) is 0 Å². The predicted octanol–water partition coefficient (Wildman–Crippen LogP) is 6.83. The molecule has 196 valence electrons. The van der Waals surface area contributed by atoms with Gasteiger partial charge < -0.3 is 9.47 Å². The van der Waals surface area contributed by atoms with Gasteiger partial charge in [0.2, 0.25) is 12.4 Å². The van der Waals surface area contributed by atoms with Crippen molar-refractivity contribution in [2.24, 2.45) is 9.98 Å². The zero-order chi connectivity index (χ0) is 28.3. The maximum Gasteiger partial charge on any atom is 0.416 e. The van der Waals surface area contributed by atoms with Crippen LogP contribution in [0.5, 0.6) is 11.5 Å². The molecule has 6 nitrogen and oxygen atoms in total. The van der Waals surface area contributed by atoms with Crippen molar-refractivity contribution in [2.75, 3.05) is 0 Å². The van der Waals surface area contributed by atoms with E-state index in [1.54, 1.807) is 0 Å². The second kappa shape index (κ2) is 10.3. The Bertz CT molecular complexity index is 1420. The van der Waals surface area contributed by atoms with Crippen LogP contribution < -0.4 is 9.47 Å². The summed E-state index contributed by atoms with van der Waals surface area (Å²) in [6.45, 7) is 0. The third-order valence-corrected chi connectivity index (χ3v) is 4.56. The fraction of sp³-hybridized carbons (Fsp3) is 0.130. The average Bonchev–Trinajstić information content (AvgIpc) is 2.80. The molecule has 0 aromatic heterocycles. The molecule has 1 aliphatic rings. The Morgan fingerprint density at radius 1 is 0.579 bits per heavy atom. The fourth-order valence-electron chi connectivity index (χ4n) is 2.96. The number of nitrogens with zero attached hydrogens (tertiary/aromatic N) is 4. The summed E-state index contributed by atoms with van der Waals surface area (Å²) < 4.78 is 129. The van der Waals surface area contributed by atoms with Crippen molar-refractivity contribution in [3.8, 4) is 23.9 Å². The van der Waals surface area contributed by atoms with Gasteiger partial charge in [-0.05, 0) is 36.4 Å². The summed E-state index contributed by atoms with van der Waals surface area (Å²) >= 11 is 0. The molecule has 0 spiro atoms. The van der Waals surface area contributed by atoms with E-state index in [1.807, 2.05) is 0 Å². The summed E-state index contributed by atoms with van der Waals surface area (Å²) in [5.41, 5.74) is -5.40. The molecule has 0 saturated heterocycles. The number of hydrogen-bond acceptors (Lipinski definition) is 6. The Morgan fingerprint density at radius 3 is 1.42 bits per heavy atom. The van der Waals surface area contributed by atoms with E-state index in [1.165, 1.54) is 12.4 Å². The van der Waals surface area contributed by atoms with Crippen molar-refractivity contribution in [2.45, 2.75) is 18.5 Å². The average molecular weight is 544 g/mol. The largest absolute Gasteiger partial charge is 0.455 e. The molecule has 38 heavy (non-hydrogen) atoms. The Morgan fingerprint density at radius 2 is 1.00 bits per heavy atom. The minimum absolute atomic E-state index is 0.129. The second-order valence-corrected chi connectivity index (χ2v) is 7.18. The zero-order valence-corrected chi connectivity index (χ0v) is 18.2. The van der Waals surface area contributed by atoms with E-state index in [-0.39, 0.29) is 23.9 Å². The van der Waals surface area contributed by atoms with Crippen molar-refractivity contribution < 1.29 is 49.0 Å². The first kappa shape index (κ1) is 27.8. The predicted molar refractivity (Wildman–Crippen MR) is 111 cm³/mol. The lowest BCUT2D eigenvalue weighted by atomic mass is 10.1. The van der Waals surface area contributed by atoms with Crippen molar-refractivity contribution >= 4 is 11.4 Å². The molecule has 0 atom stereocenters. The standard InChI is InChI=1S/C23H9F9N4O2/c24-21(25,26)12-2-1-3-15(5-12)37-19-8-18(36-11-34)20(9-17(19)35-10-33)38-16-6-13(22(27,28)29)4-14(7-16)23(30,31)32/h1-9H/b35-17+,36-18+. The summed E-state index contributed by atoms with van der Waals surface area (Å²) in [6.07, 6.45) is -10.7. The third kappa shape index (κ3) is 6.70. The normalized spacial score (nSPS) is 16.4. The summed E-state index contributed by atoms with van der Waals surface area (Å²) in [6, 6.07) is 3.91.